The molecule has 0 aliphatic carbocycles. The molecule has 2 aromatic rings. The van der Waals surface area contributed by atoms with E-state index >= 15 is 0 Å². The van der Waals surface area contributed by atoms with Crippen molar-refractivity contribution >= 4 is 5.91 Å². The Morgan fingerprint density at radius 2 is 2.00 bits per heavy atom. The van der Waals surface area contributed by atoms with E-state index in [1.165, 1.54) is 0 Å². The molecule has 0 unspecified atom stereocenters. The van der Waals surface area contributed by atoms with E-state index in [1.54, 1.807) is 12.4 Å². The number of carbonyl (C=O) groups excluding carboxylic acids is 1. The Morgan fingerprint density at radius 3 is 2.67 bits per heavy atom. The maximum atomic E-state index is 11.9. The molecule has 4 heteroatoms. The van der Waals surface area contributed by atoms with Crippen molar-refractivity contribution in [3.05, 3.63) is 66.0 Å². The fourth-order valence-corrected chi connectivity index (χ4v) is 1.61. The van der Waals surface area contributed by atoms with Gasteiger partial charge in [0, 0.05) is 18.9 Å². The first-order valence-corrected chi connectivity index (χ1v) is 5.74. The van der Waals surface area contributed by atoms with E-state index in [9.17, 15) is 4.79 Å². The lowest BCUT2D eigenvalue weighted by atomic mass is 10.1. The van der Waals surface area contributed by atoms with E-state index in [0.717, 1.165) is 11.1 Å². The summed E-state index contributed by atoms with van der Waals surface area (Å²) in [5, 5.41) is 2.79. The van der Waals surface area contributed by atoms with Gasteiger partial charge in [0.2, 0.25) is 5.91 Å². The van der Waals surface area contributed by atoms with Crippen LogP contribution in [0.4, 0.5) is 0 Å². The minimum atomic E-state index is -0.636. The summed E-state index contributed by atoms with van der Waals surface area (Å²) >= 11 is 0. The third-order valence-corrected chi connectivity index (χ3v) is 2.63. The lowest BCUT2D eigenvalue weighted by Crippen LogP contribution is -2.33. The predicted octanol–water partition coefficient (Wildman–Crippen LogP) is 1.40. The van der Waals surface area contributed by atoms with Crippen LogP contribution in [0.5, 0.6) is 0 Å². The molecular formula is C14H15N3O. The van der Waals surface area contributed by atoms with Crippen LogP contribution in [0, 0.1) is 0 Å². The first kappa shape index (κ1) is 12.3. The highest BCUT2D eigenvalue weighted by Crippen LogP contribution is 2.09. The van der Waals surface area contributed by atoms with Gasteiger partial charge in [-0.2, -0.15) is 0 Å². The highest BCUT2D eigenvalue weighted by Gasteiger charge is 2.14. The van der Waals surface area contributed by atoms with Crippen molar-refractivity contribution in [3.8, 4) is 0 Å². The summed E-state index contributed by atoms with van der Waals surface area (Å²) in [7, 11) is 0. The molecule has 0 saturated carbocycles. The number of pyridine rings is 1. The van der Waals surface area contributed by atoms with Gasteiger partial charge in [0.25, 0.3) is 0 Å². The van der Waals surface area contributed by atoms with Crippen LogP contribution in [-0.2, 0) is 11.3 Å². The molecule has 3 N–H and O–H groups in total. The normalized spacial score (nSPS) is 11.8. The summed E-state index contributed by atoms with van der Waals surface area (Å²) in [4.78, 5) is 15.8. The van der Waals surface area contributed by atoms with Crippen molar-refractivity contribution in [1.82, 2.24) is 10.3 Å². The largest absolute Gasteiger partial charge is 0.350 e. The molecule has 18 heavy (non-hydrogen) atoms. The van der Waals surface area contributed by atoms with Gasteiger partial charge in [-0.15, -0.1) is 0 Å². The molecule has 0 bridgehead atoms. The molecule has 92 valence electrons. The molecule has 0 aliphatic heterocycles. The van der Waals surface area contributed by atoms with E-state index in [0.29, 0.717) is 6.54 Å². The number of nitrogens with one attached hydrogen (secondary N) is 1. The predicted molar refractivity (Wildman–Crippen MR) is 69.5 cm³/mol. The minimum absolute atomic E-state index is 0.190. The second-order valence-corrected chi connectivity index (χ2v) is 3.97. The monoisotopic (exact) mass is 241 g/mol. The zero-order valence-corrected chi connectivity index (χ0v) is 9.91. The number of carbonyl (C=O) groups is 1. The van der Waals surface area contributed by atoms with Gasteiger partial charge < -0.3 is 11.1 Å². The van der Waals surface area contributed by atoms with Crippen LogP contribution in [0.1, 0.15) is 17.2 Å². The fourth-order valence-electron chi connectivity index (χ4n) is 1.61. The molecule has 0 spiro atoms. The van der Waals surface area contributed by atoms with Gasteiger partial charge in [-0.25, -0.2) is 0 Å². The number of amides is 1. The van der Waals surface area contributed by atoms with E-state index in [2.05, 4.69) is 10.3 Å². The molecule has 2 rings (SSSR count). The average molecular weight is 241 g/mol. The van der Waals surface area contributed by atoms with Gasteiger partial charge in [-0.05, 0) is 17.2 Å². The van der Waals surface area contributed by atoms with Gasteiger partial charge in [0.15, 0.2) is 0 Å². The summed E-state index contributed by atoms with van der Waals surface area (Å²) < 4.78 is 0. The molecule has 1 aromatic carbocycles. The smallest absolute Gasteiger partial charge is 0.241 e. The molecule has 1 aromatic heterocycles. The maximum Gasteiger partial charge on any atom is 0.241 e. The molecule has 0 aliphatic rings. The number of hydrogen-bond donors (Lipinski definition) is 2. The molecule has 1 heterocycles. The number of benzene rings is 1. The Kier molecular flexibility index (Phi) is 4.04. The van der Waals surface area contributed by atoms with Crippen LogP contribution in [0.15, 0.2) is 54.9 Å². The number of hydrogen-bond acceptors (Lipinski definition) is 3. The lowest BCUT2D eigenvalue weighted by Gasteiger charge is -2.12. The second kappa shape index (κ2) is 5.93. The molecule has 1 amide bonds. The standard InChI is InChI=1S/C14H15N3O/c15-13(12-6-2-1-3-7-12)14(18)17-10-11-5-4-8-16-9-11/h1-9,13H,10,15H2,(H,17,18)/t13-/m0/s1. The van der Waals surface area contributed by atoms with Gasteiger partial charge >= 0.3 is 0 Å². The van der Waals surface area contributed by atoms with E-state index < -0.39 is 6.04 Å². The van der Waals surface area contributed by atoms with E-state index in [-0.39, 0.29) is 5.91 Å². The van der Waals surface area contributed by atoms with E-state index in [4.69, 9.17) is 5.73 Å². The molecule has 4 nitrogen and oxygen atoms in total. The second-order valence-electron chi connectivity index (χ2n) is 3.97. The van der Waals surface area contributed by atoms with Crippen LogP contribution in [-0.4, -0.2) is 10.9 Å². The van der Waals surface area contributed by atoms with Crippen LogP contribution < -0.4 is 11.1 Å². The Bertz CT molecular complexity index is 499. The first-order chi connectivity index (χ1) is 8.77. The average Bonchev–Trinajstić information content (AvgIpc) is 2.46. The van der Waals surface area contributed by atoms with Crippen molar-refractivity contribution in [2.24, 2.45) is 5.73 Å². The van der Waals surface area contributed by atoms with E-state index in [1.807, 2.05) is 42.5 Å². The molecule has 1 atom stereocenters. The molecule has 0 saturated heterocycles. The molecular weight excluding hydrogens is 226 g/mol. The SMILES string of the molecule is N[C@H](C(=O)NCc1cccnc1)c1ccccc1. The first-order valence-electron chi connectivity index (χ1n) is 5.74. The quantitative estimate of drug-likeness (QED) is 0.850. The summed E-state index contributed by atoms with van der Waals surface area (Å²) in [6.07, 6.45) is 3.41. The highest BCUT2D eigenvalue weighted by atomic mass is 16.2. The van der Waals surface area contributed by atoms with Crippen LogP contribution in [0.3, 0.4) is 0 Å². The third kappa shape index (κ3) is 3.15. The van der Waals surface area contributed by atoms with Crippen molar-refractivity contribution in [3.63, 3.8) is 0 Å². The highest BCUT2D eigenvalue weighted by molar-refractivity contribution is 5.82. The lowest BCUT2D eigenvalue weighted by molar-refractivity contribution is -0.122. The van der Waals surface area contributed by atoms with Gasteiger partial charge in [-0.3, -0.25) is 9.78 Å². The summed E-state index contributed by atoms with van der Waals surface area (Å²) in [5.74, 6) is -0.190. The maximum absolute atomic E-state index is 11.9. The molecule has 0 fully saturated rings. The van der Waals surface area contributed by atoms with Gasteiger partial charge in [0.05, 0.1) is 0 Å². The van der Waals surface area contributed by atoms with Crippen molar-refractivity contribution in [2.75, 3.05) is 0 Å². The van der Waals surface area contributed by atoms with Crippen LogP contribution >= 0.6 is 0 Å². The Labute approximate surface area is 106 Å². The Balaban J connectivity index is 1.93. The fraction of sp³-hybridized carbons (Fsp3) is 0.143. The van der Waals surface area contributed by atoms with Crippen molar-refractivity contribution in [2.45, 2.75) is 12.6 Å². The van der Waals surface area contributed by atoms with Gasteiger partial charge in [0.1, 0.15) is 6.04 Å². The number of aromatic nitrogens is 1. The number of rotatable bonds is 4. The minimum Gasteiger partial charge on any atom is -0.350 e. The van der Waals surface area contributed by atoms with Gasteiger partial charge in [-0.1, -0.05) is 36.4 Å². The Hall–Kier alpha value is -2.20. The van der Waals surface area contributed by atoms with Crippen LogP contribution in [0.2, 0.25) is 0 Å². The van der Waals surface area contributed by atoms with Crippen LogP contribution in [0.25, 0.3) is 0 Å². The number of nitrogens with two attached hydrogens (primary N) is 1. The zero-order chi connectivity index (χ0) is 12.8. The Morgan fingerprint density at radius 1 is 1.22 bits per heavy atom. The number of nitrogens with zero attached hydrogens (tertiary/aromatic N) is 1. The third-order valence-electron chi connectivity index (χ3n) is 2.63. The topological polar surface area (TPSA) is 68.0 Å². The summed E-state index contributed by atoms with van der Waals surface area (Å²) in [6, 6.07) is 12.4. The molecule has 0 radical (unpaired) electrons. The zero-order valence-electron chi connectivity index (χ0n) is 9.91. The van der Waals surface area contributed by atoms with Crippen molar-refractivity contribution in [1.29, 1.82) is 0 Å². The van der Waals surface area contributed by atoms with Crippen molar-refractivity contribution < 1.29 is 4.79 Å². The summed E-state index contributed by atoms with van der Waals surface area (Å²) in [6.45, 7) is 0.438. The summed E-state index contributed by atoms with van der Waals surface area (Å²) in [5.41, 5.74) is 7.63.